The lowest BCUT2D eigenvalue weighted by Crippen LogP contribution is -2.50. The molecule has 1 unspecified atom stereocenters. The zero-order chi connectivity index (χ0) is 19.8. The van der Waals surface area contributed by atoms with Crippen molar-refractivity contribution in [3.8, 4) is 0 Å². The van der Waals surface area contributed by atoms with Crippen molar-refractivity contribution in [2.75, 3.05) is 70.9 Å². The Morgan fingerprint density at radius 2 is 1.83 bits per heavy atom. The third-order valence-electron chi connectivity index (χ3n) is 5.92. The van der Waals surface area contributed by atoms with E-state index in [0.717, 1.165) is 64.0 Å². The molecular weight excluding hydrogens is 482 g/mol. The minimum atomic E-state index is -0.175. The molecule has 1 aromatic carbocycles. The van der Waals surface area contributed by atoms with Crippen LogP contribution in [0.2, 0.25) is 0 Å². The van der Waals surface area contributed by atoms with Gasteiger partial charge in [0.05, 0.1) is 0 Å². The number of hydrogen-bond acceptors (Lipinski definition) is 4. The molecule has 2 saturated heterocycles. The van der Waals surface area contributed by atoms with E-state index < -0.39 is 0 Å². The Kier molecular flexibility index (Phi) is 10.4. The van der Waals surface area contributed by atoms with Gasteiger partial charge >= 0.3 is 0 Å². The summed E-state index contributed by atoms with van der Waals surface area (Å²) in [6.45, 7) is 11.4. The summed E-state index contributed by atoms with van der Waals surface area (Å²) in [5.41, 5.74) is 1.11. The molecule has 0 amide bonds. The van der Waals surface area contributed by atoms with Gasteiger partial charge in [-0.05, 0) is 50.2 Å². The Bertz CT molecular complexity index is 618. The summed E-state index contributed by atoms with van der Waals surface area (Å²) in [6.07, 6.45) is 2.58. The Morgan fingerprint density at radius 3 is 2.48 bits per heavy atom. The standard InChI is InChI=1S/C21H35FN6.HI/c1-3-27-11-4-5-20(27)17-25-21(23-2)24-10-12-26-13-15-28(16-14-26)19-8-6-18(22)7-9-19;/h6-9,20H,3-5,10-17H2,1-2H3,(H2,23,24,25);1H. The summed E-state index contributed by atoms with van der Waals surface area (Å²) in [5, 5.41) is 6.93. The average Bonchev–Trinajstić information content (AvgIpc) is 3.19. The van der Waals surface area contributed by atoms with Gasteiger partial charge < -0.3 is 15.5 Å². The van der Waals surface area contributed by atoms with Crippen molar-refractivity contribution < 1.29 is 4.39 Å². The summed E-state index contributed by atoms with van der Waals surface area (Å²) in [6, 6.07) is 7.44. The SMILES string of the molecule is CCN1CCCC1CNC(=NC)NCCN1CCN(c2ccc(F)cc2)CC1.I. The van der Waals surface area contributed by atoms with Crippen LogP contribution < -0.4 is 15.5 Å². The maximum absolute atomic E-state index is 13.1. The van der Waals surface area contributed by atoms with Gasteiger partial charge in [-0.15, -0.1) is 24.0 Å². The number of likely N-dealkylation sites (N-methyl/N-ethyl adjacent to an activating group) is 1. The van der Waals surface area contributed by atoms with Crippen LogP contribution in [0, 0.1) is 5.82 Å². The minimum Gasteiger partial charge on any atom is -0.369 e. The molecule has 2 aliphatic rings. The highest BCUT2D eigenvalue weighted by atomic mass is 127. The number of hydrogen-bond donors (Lipinski definition) is 2. The molecule has 0 aromatic heterocycles. The summed E-state index contributed by atoms with van der Waals surface area (Å²) < 4.78 is 13.1. The molecule has 0 radical (unpaired) electrons. The predicted molar refractivity (Wildman–Crippen MR) is 130 cm³/mol. The van der Waals surface area contributed by atoms with E-state index in [0.29, 0.717) is 6.04 Å². The van der Waals surface area contributed by atoms with E-state index >= 15 is 0 Å². The predicted octanol–water partition coefficient (Wildman–Crippen LogP) is 2.22. The first-order valence-electron chi connectivity index (χ1n) is 10.6. The van der Waals surface area contributed by atoms with Gasteiger partial charge in [-0.3, -0.25) is 14.8 Å². The largest absolute Gasteiger partial charge is 0.369 e. The number of piperazine rings is 1. The summed E-state index contributed by atoms with van der Waals surface area (Å²) in [4.78, 5) is 11.7. The summed E-state index contributed by atoms with van der Waals surface area (Å²) in [7, 11) is 1.84. The van der Waals surface area contributed by atoms with Crippen LogP contribution in [0.5, 0.6) is 0 Å². The maximum atomic E-state index is 13.1. The van der Waals surface area contributed by atoms with Gasteiger partial charge in [0.2, 0.25) is 0 Å². The molecule has 2 fully saturated rings. The maximum Gasteiger partial charge on any atom is 0.191 e. The second-order valence-corrected chi connectivity index (χ2v) is 7.61. The van der Waals surface area contributed by atoms with Gasteiger partial charge in [0, 0.05) is 64.6 Å². The molecule has 164 valence electrons. The first kappa shape index (κ1) is 24.1. The number of nitrogens with zero attached hydrogens (tertiary/aromatic N) is 4. The minimum absolute atomic E-state index is 0. The van der Waals surface area contributed by atoms with Crippen molar-refractivity contribution in [3.63, 3.8) is 0 Å². The molecule has 8 heteroatoms. The first-order chi connectivity index (χ1) is 13.7. The molecule has 6 nitrogen and oxygen atoms in total. The van der Waals surface area contributed by atoms with Crippen LogP contribution in [0.3, 0.4) is 0 Å². The zero-order valence-electron chi connectivity index (χ0n) is 17.7. The van der Waals surface area contributed by atoms with Crippen molar-refractivity contribution in [2.24, 2.45) is 4.99 Å². The number of aliphatic imine (C=N–C) groups is 1. The second kappa shape index (κ2) is 12.5. The van der Waals surface area contributed by atoms with Crippen molar-refractivity contribution in [3.05, 3.63) is 30.1 Å². The monoisotopic (exact) mass is 518 g/mol. The Balaban J connectivity index is 0.00000300. The fourth-order valence-corrected chi connectivity index (χ4v) is 4.19. The van der Waals surface area contributed by atoms with Crippen LogP contribution in [0.15, 0.2) is 29.3 Å². The highest BCUT2D eigenvalue weighted by Gasteiger charge is 2.22. The highest BCUT2D eigenvalue weighted by molar-refractivity contribution is 14.0. The molecule has 0 saturated carbocycles. The van der Waals surface area contributed by atoms with E-state index in [4.69, 9.17) is 0 Å². The Labute approximate surface area is 191 Å². The molecule has 1 atom stereocenters. The van der Waals surface area contributed by atoms with Gasteiger partial charge in [0.1, 0.15) is 5.82 Å². The fourth-order valence-electron chi connectivity index (χ4n) is 4.19. The molecule has 2 N–H and O–H groups in total. The summed E-state index contributed by atoms with van der Waals surface area (Å²) in [5.74, 6) is 0.721. The smallest absolute Gasteiger partial charge is 0.191 e. The number of nitrogens with one attached hydrogen (secondary N) is 2. The Hall–Kier alpha value is -1.13. The van der Waals surface area contributed by atoms with E-state index in [9.17, 15) is 4.39 Å². The van der Waals surface area contributed by atoms with Crippen molar-refractivity contribution in [1.29, 1.82) is 0 Å². The number of likely N-dealkylation sites (tertiary alicyclic amines) is 1. The van der Waals surface area contributed by atoms with Crippen LogP contribution in [-0.2, 0) is 0 Å². The van der Waals surface area contributed by atoms with Gasteiger partial charge in [-0.1, -0.05) is 6.92 Å². The molecule has 2 heterocycles. The molecule has 3 rings (SSSR count). The molecule has 0 aliphatic carbocycles. The molecule has 29 heavy (non-hydrogen) atoms. The number of benzene rings is 1. The van der Waals surface area contributed by atoms with Crippen molar-refractivity contribution in [2.45, 2.75) is 25.8 Å². The molecule has 0 spiro atoms. The van der Waals surface area contributed by atoms with Gasteiger partial charge in [0.25, 0.3) is 0 Å². The van der Waals surface area contributed by atoms with E-state index in [-0.39, 0.29) is 29.8 Å². The van der Waals surface area contributed by atoms with E-state index in [1.165, 1.54) is 31.5 Å². The molecule has 2 aliphatic heterocycles. The van der Waals surface area contributed by atoms with E-state index in [2.05, 4.69) is 37.2 Å². The van der Waals surface area contributed by atoms with Crippen LogP contribution >= 0.6 is 24.0 Å². The van der Waals surface area contributed by atoms with Gasteiger partial charge in [-0.2, -0.15) is 0 Å². The Morgan fingerprint density at radius 1 is 1.10 bits per heavy atom. The number of rotatable bonds is 7. The third kappa shape index (κ3) is 7.25. The van der Waals surface area contributed by atoms with Crippen LogP contribution in [0.1, 0.15) is 19.8 Å². The second-order valence-electron chi connectivity index (χ2n) is 7.61. The lowest BCUT2D eigenvalue weighted by Gasteiger charge is -2.36. The average molecular weight is 518 g/mol. The lowest BCUT2D eigenvalue weighted by molar-refractivity contribution is 0.260. The summed E-state index contributed by atoms with van der Waals surface area (Å²) >= 11 is 0. The zero-order valence-corrected chi connectivity index (χ0v) is 20.1. The molecule has 0 bridgehead atoms. The van der Waals surface area contributed by atoms with Gasteiger partial charge in [0.15, 0.2) is 5.96 Å². The lowest BCUT2D eigenvalue weighted by atomic mass is 10.2. The molecular formula is C21H36FIN6. The van der Waals surface area contributed by atoms with Crippen molar-refractivity contribution >= 4 is 35.6 Å². The highest BCUT2D eigenvalue weighted by Crippen LogP contribution is 2.17. The van der Waals surface area contributed by atoms with E-state index in [1.807, 2.05) is 19.2 Å². The number of halogens is 2. The quantitative estimate of drug-likeness (QED) is 0.330. The van der Waals surface area contributed by atoms with Crippen molar-refractivity contribution in [1.82, 2.24) is 20.4 Å². The van der Waals surface area contributed by atoms with Crippen LogP contribution in [0.25, 0.3) is 0 Å². The van der Waals surface area contributed by atoms with Crippen LogP contribution in [-0.4, -0.2) is 87.8 Å². The number of anilines is 1. The van der Waals surface area contributed by atoms with Gasteiger partial charge in [-0.25, -0.2) is 4.39 Å². The normalized spacial score (nSPS) is 21.1. The van der Waals surface area contributed by atoms with Crippen LogP contribution in [0.4, 0.5) is 10.1 Å². The third-order valence-corrected chi connectivity index (χ3v) is 5.92. The molecule has 1 aromatic rings. The number of guanidine groups is 1. The topological polar surface area (TPSA) is 46.1 Å². The fraction of sp³-hybridized carbons (Fsp3) is 0.667. The van der Waals surface area contributed by atoms with E-state index in [1.54, 1.807) is 0 Å². The first-order valence-corrected chi connectivity index (χ1v) is 10.6.